The zero-order valence-corrected chi connectivity index (χ0v) is 15.7. The molecule has 0 amide bonds. The van der Waals surface area contributed by atoms with Crippen LogP contribution in [0.1, 0.15) is 16.7 Å². The Kier molecular flexibility index (Phi) is 4.04. The molecule has 0 bridgehead atoms. The summed E-state index contributed by atoms with van der Waals surface area (Å²) >= 11 is 0. The largest absolute Gasteiger partial charge is 0.264 e. The molecule has 2 nitrogen and oxygen atoms in total. The maximum absolute atomic E-state index is 4.38. The predicted molar refractivity (Wildman–Crippen MR) is 108 cm³/mol. The van der Waals surface area contributed by atoms with E-state index in [1.807, 2.05) is 18.5 Å². The van der Waals surface area contributed by atoms with Crippen molar-refractivity contribution in [3.63, 3.8) is 0 Å². The lowest BCUT2D eigenvalue weighted by atomic mass is 9.90. The van der Waals surface area contributed by atoms with Crippen molar-refractivity contribution in [2.45, 2.75) is 20.8 Å². The van der Waals surface area contributed by atoms with Gasteiger partial charge in [-0.1, -0.05) is 35.9 Å². The minimum Gasteiger partial charge on any atom is -0.264 e. The molecule has 0 aliphatic carbocycles. The van der Waals surface area contributed by atoms with E-state index in [1.165, 1.54) is 44.3 Å². The third-order valence-electron chi connectivity index (χ3n) is 5.17. The van der Waals surface area contributed by atoms with Gasteiger partial charge in [-0.05, 0) is 50.1 Å². The monoisotopic (exact) mass is 339 g/mol. The fraction of sp³-hybridized carbons (Fsp3) is 0.167. The molecule has 2 heterocycles. The van der Waals surface area contributed by atoms with Crippen LogP contribution in [0.25, 0.3) is 33.2 Å². The number of benzene rings is 2. The van der Waals surface area contributed by atoms with E-state index in [-0.39, 0.29) is 0 Å². The quantitative estimate of drug-likeness (QED) is 0.452. The van der Waals surface area contributed by atoms with Gasteiger partial charge in [-0.25, -0.2) is 0 Å². The van der Waals surface area contributed by atoms with Gasteiger partial charge < -0.3 is 0 Å². The van der Waals surface area contributed by atoms with Gasteiger partial charge in [0.25, 0.3) is 0 Å². The van der Waals surface area contributed by atoms with E-state index in [2.05, 4.69) is 86.0 Å². The average Bonchev–Trinajstić information content (AvgIpc) is 2.64. The van der Waals surface area contributed by atoms with Gasteiger partial charge in [-0.3, -0.25) is 4.98 Å². The number of pyridine rings is 2. The van der Waals surface area contributed by atoms with Gasteiger partial charge in [-0.15, -0.1) is 0 Å². The molecule has 0 aliphatic rings. The lowest BCUT2D eigenvalue weighted by Gasteiger charge is -2.15. The molecule has 0 saturated heterocycles. The van der Waals surface area contributed by atoms with Crippen molar-refractivity contribution < 1.29 is 4.57 Å². The van der Waals surface area contributed by atoms with E-state index in [0.717, 1.165) is 5.56 Å². The number of rotatable bonds is 2. The van der Waals surface area contributed by atoms with Crippen LogP contribution in [0.4, 0.5) is 0 Å². The highest BCUT2D eigenvalue weighted by molar-refractivity contribution is 6.01. The van der Waals surface area contributed by atoms with Crippen LogP contribution in [-0.2, 0) is 7.05 Å². The van der Waals surface area contributed by atoms with E-state index in [4.69, 9.17) is 0 Å². The molecule has 26 heavy (non-hydrogen) atoms. The highest BCUT2D eigenvalue weighted by Crippen LogP contribution is 2.37. The molecule has 0 N–H and O–H groups in total. The molecular weight excluding hydrogens is 316 g/mol. The molecular formula is C24H23N2+. The first-order valence-electron chi connectivity index (χ1n) is 8.96. The van der Waals surface area contributed by atoms with Gasteiger partial charge in [0.15, 0.2) is 6.20 Å². The molecule has 0 atom stereocenters. The maximum Gasteiger partial charge on any atom is 0.221 e. The average molecular weight is 339 g/mol. The number of aromatic nitrogens is 2. The fourth-order valence-corrected chi connectivity index (χ4v) is 3.83. The van der Waals surface area contributed by atoms with Crippen molar-refractivity contribution >= 4 is 10.8 Å². The third kappa shape index (κ3) is 2.68. The van der Waals surface area contributed by atoms with Crippen LogP contribution in [0, 0.1) is 20.8 Å². The lowest BCUT2D eigenvalue weighted by Crippen LogP contribution is -2.31. The third-order valence-corrected chi connectivity index (χ3v) is 5.17. The standard InChI is InChI=1S/C24H23N2/c1-16-12-17(2)18(3)22(13-16)24-23(19-9-7-11-25-14-19)21-10-6-5-8-20(21)15-26(24)4/h5-15H,1-4H3/q+1. The number of hydrogen-bond acceptors (Lipinski definition) is 1. The van der Waals surface area contributed by atoms with Gasteiger partial charge >= 0.3 is 0 Å². The Morgan fingerprint density at radius 2 is 1.73 bits per heavy atom. The molecule has 0 radical (unpaired) electrons. The summed E-state index contributed by atoms with van der Waals surface area (Å²) in [5, 5.41) is 2.49. The number of fused-ring (bicyclic) bond motifs is 1. The smallest absolute Gasteiger partial charge is 0.221 e. The van der Waals surface area contributed by atoms with Gasteiger partial charge in [0.2, 0.25) is 5.69 Å². The van der Waals surface area contributed by atoms with Crippen molar-refractivity contribution in [1.29, 1.82) is 0 Å². The molecule has 0 unspecified atom stereocenters. The lowest BCUT2D eigenvalue weighted by molar-refractivity contribution is -0.658. The second-order valence-corrected chi connectivity index (χ2v) is 7.05. The van der Waals surface area contributed by atoms with Crippen LogP contribution in [0.3, 0.4) is 0 Å². The maximum atomic E-state index is 4.38. The first-order chi connectivity index (χ1) is 12.6. The van der Waals surface area contributed by atoms with Crippen molar-refractivity contribution in [1.82, 2.24) is 4.98 Å². The van der Waals surface area contributed by atoms with E-state index >= 15 is 0 Å². The second kappa shape index (κ2) is 6.38. The summed E-state index contributed by atoms with van der Waals surface area (Å²) < 4.78 is 2.26. The summed E-state index contributed by atoms with van der Waals surface area (Å²) in [6.45, 7) is 6.57. The topological polar surface area (TPSA) is 16.8 Å². The predicted octanol–water partition coefficient (Wildman–Crippen LogP) is 5.32. The Hall–Kier alpha value is -3.00. The second-order valence-electron chi connectivity index (χ2n) is 7.05. The summed E-state index contributed by atoms with van der Waals surface area (Å²) in [5.41, 5.74) is 8.85. The first-order valence-corrected chi connectivity index (χ1v) is 8.96. The minimum atomic E-state index is 1.15. The number of aryl methyl sites for hydroxylation is 3. The van der Waals surface area contributed by atoms with Gasteiger partial charge in [0.05, 0.1) is 11.1 Å². The summed E-state index contributed by atoms with van der Waals surface area (Å²) in [4.78, 5) is 4.38. The highest BCUT2D eigenvalue weighted by atomic mass is 14.9. The molecule has 128 valence electrons. The Bertz CT molecular complexity index is 1110. The summed E-state index contributed by atoms with van der Waals surface area (Å²) in [5.74, 6) is 0. The molecule has 4 rings (SSSR count). The zero-order valence-electron chi connectivity index (χ0n) is 15.7. The van der Waals surface area contributed by atoms with Crippen LogP contribution in [0.15, 0.2) is 67.1 Å². The van der Waals surface area contributed by atoms with Crippen molar-refractivity contribution in [3.05, 3.63) is 83.8 Å². The summed E-state index contributed by atoms with van der Waals surface area (Å²) in [7, 11) is 2.14. The number of nitrogens with zero attached hydrogens (tertiary/aromatic N) is 2. The fourth-order valence-electron chi connectivity index (χ4n) is 3.83. The first kappa shape index (κ1) is 16.5. The molecule has 2 aromatic heterocycles. The Morgan fingerprint density at radius 1 is 0.923 bits per heavy atom. The van der Waals surface area contributed by atoms with Gasteiger partial charge in [0, 0.05) is 28.7 Å². The molecule has 2 heteroatoms. The van der Waals surface area contributed by atoms with E-state index < -0.39 is 0 Å². The Labute approximate surface area is 154 Å². The van der Waals surface area contributed by atoms with Crippen LogP contribution in [0.2, 0.25) is 0 Å². The molecule has 0 fully saturated rings. The van der Waals surface area contributed by atoms with Crippen LogP contribution in [-0.4, -0.2) is 4.98 Å². The Morgan fingerprint density at radius 3 is 2.50 bits per heavy atom. The van der Waals surface area contributed by atoms with E-state index in [1.54, 1.807) is 0 Å². The van der Waals surface area contributed by atoms with Crippen molar-refractivity contribution in [3.8, 4) is 22.4 Å². The van der Waals surface area contributed by atoms with Crippen LogP contribution in [0.5, 0.6) is 0 Å². The van der Waals surface area contributed by atoms with Crippen LogP contribution < -0.4 is 4.57 Å². The summed E-state index contributed by atoms with van der Waals surface area (Å²) in [6.07, 6.45) is 6.02. The van der Waals surface area contributed by atoms with E-state index in [9.17, 15) is 0 Å². The SMILES string of the molecule is Cc1cc(C)c(C)c(-c2c(-c3cccnc3)c3ccccc3c[n+]2C)c1. The van der Waals surface area contributed by atoms with Gasteiger partial charge in [-0.2, -0.15) is 4.57 Å². The highest BCUT2D eigenvalue weighted by Gasteiger charge is 2.23. The molecule has 0 spiro atoms. The van der Waals surface area contributed by atoms with Crippen LogP contribution >= 0.6 is 0 Å². The zero-order chi connectivity index (χ0) is 18.3. The van der Waals surface area contributed by atoms with Gasteiger partial charge in [0.1, 0.15) is 7.05 Å². The van der Waals surface area contributed by atoms with Crippen molar-refractivity contribution in [2.75, 3.05) is 0 Å². The number of hydrogen-bond donors (Lipinski definition) is 0. The molecule has 0 saturated carbocycles. The minimum absolute atomic E-state index is 1.15. The Balaban J connectivity index is 2.19. The normalized spacial score (nSPS) is 11.1. The summed E-state index contributed by atoms with van der Waals surface area (Å²) in [6, 6.07) is 17.3. The molecule has 0 aliphatic heterocycles. The van der Waals surface area contributed by atoms with E-state index in [0.29, 0.717) is 0 Å². The molecule has 2 aromatic carbocycles. The molecule has 4 aromatic rings. The van der Waals surface area contributed by atoms with Crippen molar-refractivity contribution in [2.24, 2.45) is 7.05 Å².